The van der Waals surface area contributed by atoms with E-state index in [0.717, 1.165) is 48.1 Å². The maximum absolute atomic E-state index is 12.9. The van der Waals surface area contributed by atoms with Crippen molar-refractivity contribution in [1.82, 2.24) is 9.97 Å². The average molecular weight is 457 g/mol. The van der Waals surface area contributed by atoms with Crippen LogP contribution in [0, 0.1) is 5.92 Å². The van der Waals surface area contributed by atoms with E-state index in [0.29, 0.717) is 5.56 Å². The highest BCUT2D eigenvalue weighted by molar-refractivity contribution is 6.04. The minimum atomic E-state index is -0.329. The van der Waals surface area contributed by atoms with E-state index in [1.165, 1.54) is 44.9 Å². The molecule has 2 N–H and O–H groups in total. The number of pyridine rings is 2. The minimum Gasteiger partial charge on any atom is -0.372 e. The van der Waals surface area contributed by atoms with Gasteiger partial charge in [-0.15, -0.1) is 0 Å². The Kier molecular flexibility index (Phi) is 6.74. The maximum atomic E-state index is 12.9. The van der Waals surface area contributed by atoms with Crippen LogP contribution in [0.4, 0.5) is 11.4 Å². The summed E-state index contributed by atoms with van der Waals surface area (Å²) in [6.07, 6.45) is 11.5. The maximum Gasteiger partial charge on any atom is 0.271 e. The first kappa shape index (κ1) is 22.4. The fourth-order valence-corrected chi connectivity index (χ4v) is 5.16. The zero-order chi connectivity index (χ0) is 23.3. The Hall–Kier alpha value is -3.41. The van der Waals surface area contributed by atoms with Crippen molar-refractivity contribution in [3.05, 3.63) is 76.3 Å². The Morgan fingerprint density at radius 1 is 1.00 bits per heavy atom. The van der Waals surface area contributed by atoms with E-state index in [9.17, 15) is 9.59 Å². The van der Waals surface area contributed by atoms with E-state index in [2.05, 4.69) is 21.3 Å². The lowest BCUT2D eigenvalue weighted by molar-refractivity contribution is 0.102. The third-order valence-corrected chi connectivity index (χ3v) is 7.08. The molecule has 1 saturated heterocycles. The van der Waals surface area contributed by atoms with Crippen LogP contribution in [0.1, 0.15) is 61.0 Å². The average Bonchev–Trinajstić information content (AvgIpc) is 3.39. The number of carbonyl (C=O) groups excluding carboxylic acids is 1. The number of nitrogens with one attached hydrogen (secondary N) is 2. The summed E-state index contributed by atoms with van der Waals surface area (Å²) in [6, 6.07) is 15.4. The van der Waals surface area contributed by atoms with E-state index in [4.69, 9.17) is 4.98 Å². The highest BCUT2D eigenvalue weighted by Crippen LogP contribution is 2.28. The van der Waals surface area contributed by atoms with Crippen LogP contribution in [-0.2, 0) is 6.42 Å². The van der Waals surface area contributed by atoms with Crippen LogP contribution in [0.15, 0.2) is 59.5 Å². The predicted molar refractivity (Wildman–Crippen MR) is 136 cm³/mol. The summed E-state index contributed by atoms with van der Waals surface area (Å²) in [5.74, 6) is 0.422. The number of piperidine rings is 1. The molecular formula is C28H32N4O2. The molecule has 1 amide bonds. The molecule has 176 valence electrons. The molecule has 3 heterocycles. The molecule has 1 aliphatic carbocycles. The number of hydrogen-bond donors (Lipinski definition) is 2. The van der Waals surface area contributed by atoms with Gasteiger partial charge in [-0.25, -0.2) is 0 Å². The molecule has 2 fully saturated rings. The molecule has 2 aromatic heterocycles. The molecule has 6 heteroatoms. The molecule has 2 aliphatic rings. The first-order valence-electron chi connectivity index (χ1n) is 12.5. The van der Waals surface area contributed by atoms with E-state index in [-0.39, 0.29) is 17.2 Å². The van der Waals surface area contributed by atoms with Gasteiger partial charge in [-0.3, -0.25) is 14.6 Å². The normalized spacial score (nSPS) is 16.5. The largest absolute Gasteiger partial charge is 0.372 e. The lowest BCUT2D eigenvalue weighted by Gasteiger charge is -2.28. The highest BCUT2D eigenvalue weighted by atomic mass is 16.2. The lowest BCUT2D eigenvalue weighted by atomic mass is 10.0. The fourth-order valence-electron chi connectivity index (χ4n) is 5.16. The first-order valence-corrected chi connectivity index (χ1v) is 12.5. The van der Waals surface area contributed by atoms with Crippen LogP contribution < -0.4 is 15.8 Å². The molecule has 1 aliphatic heterocycles. The Bertz CT molecular complexity index is 1190. The summed E-state index contributed by atoms with van der Waals surface area (Å²) >= 11 is 0. The molecular weight excluding hydrogens is 424 g/mol. The molecule has 6 nitrogen and oxygen atoms in total. The van der Waals surface area contributed by atoms with Gasteiger partial charge in [-0.2, -0.15) is 0 Å². The van der Waals surface area contributed by atoms with Crippen LogP contribution in [0.25, 0.3) is 11.3 Å². The molecule has 1 aromatic carbocycles. The smallest absolute Gasteiger partial charge is 0.271 e. The molecule has 0 bridgehead atoms. The van der Waals surface area contributed by atoms with Gasteiger partial charge in [0.1, 0.15) is 5.69 Å². The van der Waals surface area contributed by atoms with E-state index in [1.807, 2.05) is 36.4 Å². The number of aromatic nitrogens is 2. The van der Waals surface area contributed by atoms with Gasteiger partial charge < -0.3 is 15.2 Å². The van der Waals surface area contributed by atoms with E-state index < -0.39 is 0 Å². The number of aromatic amines is 1. The molecule has 0 atom stereocenters. The number of carbonyl (C=O) groups is 1. The molecule has 0 spiro atoms. The van der Waals surface area contributed by atoms with Crippen molar-refractivity contribution in [3.8, 4) is 11.3 Å². The van der Waals surface area contributed by atoms with Crippen LogP contribution in [0.5, 0.6) is 0 Å². The third-order valence-electron chi connectivity index (χ3n) is 7.08. The molecule has 3 aromatic rings. The minimum absolute atomic E-state index is 0.227. The SMILES string of the molecule is O=C(Nc1cc(-c2cccc(CC3CCCC3)n2)c[nH]c1=O)c1ccc(N2CCCCC2)cc1. The predicted octanol–water partition coefficient (Wildman–Crippen LogP) is 5.41. The Morgan fingerprint density at radius 3 is 2.53 bits per heavy atom. The number of nitrogens with zero attached hydrogens (tertiary/aromatic N) is 2. The van der Waals surface area contributed by atoms with Crippen molar-refractivity contribution in [3.63, 3.8) is 0 Å². The van der Waals surface area contributed by atoms with Gasteiger partial charge in [0.15, 0.2) is 0 Å². The van der Waals surface area contributed by atoms with Crippen LogP contribution in [-0.4, -0.2) is 29.0 Å². The topological polar surface area (TPSA) is 78.1 Å². The first-order chi connectivity index (χ1) is 16.7. The monoisotopic (exact) mass is 456 g/mol. The number of H-pyrrole nitrogens is 1. The zero-order valence-electron chi connectivity index (χ0n) is 19.6. The number of rotatable bonds is 6. The van der Waals surface area contributed by atoms with Gasteiger partial charge in [0, 0.05) is 41.8 Å². The zero-order valence-corrected chi connectivity index (χ0v) is 19.6. The number of amides is 1. The van der Waals surface area contributed by atoms with Gasteiger partial charge in [-0.1, -0.05) is 31.7 Å². The second kappa shape index (κ2) is 10.2. The molecule has 5 rings (SSSR count). The summed E-state index contributed by atoms with van der Waals surface area (Å²) in [7, 11) is 0. The quantitative estimate of drug-likeness (QED) is 0.520. The van der Waals surface area contributed by atoms with Crippen LogP contribution in [0.2, 0.25) is 0 Å². The number of anilines is 2. The third kappa shape index (κ3) is 5.22. The lowest BCUT2D eigenvalue weighted by Crippen LogP contribution is -2.29. The van der Waals surface area contributed by atoms with Crippen molar-refractivity contribution in [2.24, 2.45) is 5.92 Å². The fraction of sp³-hybridized carbons (Fsp3) is 0.393. The van der Waals surface area contributed by atoms with Crippen molar-refractivity contribution < 1.29 is 4.79 Å². The highest BCUT2D eigenvalue weighted by Gasteiger charge is 2.17. The van der Waals surface area contributed by atoms with Crippen molar-refractivity contribution >= 4 is 17.3 Å². The Morgan fingerprint density at radius 2 is 1.76 bits per heavy atom. The van der Waals surface area contributed by atoms with E-state index >= 15 is 0 Å². The van der Waals surface area contributed by atoms with Gasteiger partial charge in [0.25, 0.3) is 11.5 Å². The van der Waals surface area contributed by atoms with Crippen LogP contribution >= 0.6 is 0 Å². The molecule has 0 radical (unpaired) electrons. The van der Waals surface area contributed by atoms with Crippen molar-refractivity contribution in [2.45, 2.75) is 51.4 Å². The summed E-state index contributed by atoms with van der Waals surface area (Å²) in [5.41, 5.74) is 4.23. The van der Waals surface area contributed by atoms with E-state index in [1.54, 1.807) is 12.3 Å². The number of hydrogen-bond acceptors (Lipinski definition) is 4. The van der Waals surface area contributed by atoms with Gasteiger partial charge in [0.2, 0.25) is 0 Å². The van der Waals surface area contributed by atoms with Gasteiger partial charge in [0.05, 0.1) is 5.69 Å². The van der Waals surface area contributed by atoms with Crippen molar-refractivity contribution in [1.29, 1.82) is 0 Å². The van der Waals surface area contributed by atoms with Gasteiger partial charge in [-0.05, 0) is 74.1 Å². The summed E-state index contributed by atoms with van der Waals surface area (Å²) in [6.45, 7) is 2.12. The summed E-state index contributed by atoms with van der Waals surface area (Å²) in [4.78, 5) is 35.2. The molecule has 1 saturated carbocycles. The van der Waals surface area contributed by atoms with Gasteiger partial charge >= 0.3 is 0 Å². The van der Waals surface area contributed by atoms with Crippen LogP contribution in [0.3, 0.4) is 0 Å². The molecule has 0 unspecified atom stereocenters. The standard InChI is InChI=1S/C28H32N4O2/c33-27(21-11-13-24(14-12-21)32-15-4-1-5-16-32)31-26-18-22(19-29-28(26)34)25-10-6-9-23(30-25)17-20-7-2-3-8-20/h6,9-14,18-20H,1-5,7-8,15-17H2,(H,29,34)(H,31,33). The summed E-state index contributed by atoms with van der Waals surface area (Å²) < 4.78 is 0. The molecule has 34 heavy (non-hydrogen) atoms. The number of benzene rings is 1. The Labute approximate surface area is 200 Å². The summed E-state index contributed by atoms with van der Waals surface area (Å²) in [5, 5.41) is 2.78. The second-order valence-corrected chi connectivity index (χ2v) is 9.55. The Balaban J connectivity index is 1.30. The second-order valence-electron chi connectivity index (χ2n) is 9.55. The van der Waals surface area contributed by atoms with Crippen molar-refractivity contribution in [2.75, 3.05) is 23.3 Å².